The van der Waals surface area contributed by atoms with E-state index in [4.69, 9.17) is 0 Å². The van der Waals surface area contributed by atoms with Gasteiger partial charge in [-0.05, 0) is 74.5 Å². The average Bonchev–Trinajstić information content (AvgIpc) is 3.31. The van der Waals surface area contributed by atoms with Crippen LogP contribution in [0, 0.1) is 5.92 Å². The summed E-state index contributed by atoms with van der Waals surface area (Å²) >= 11 is 3.83. The topological polar surface area (TPSA) is 0 Å². The summed E-state index contributed by atoms with van der Waals surface area (Å²) in [6.45, 7) is 2.35. The van der Waals surface area contributed by atoms with E-state index >= 15 is 0 Å². The zero-order valence-electron chi connectivity index (χ0n) is 22.4. The Bertz CT molecular complexity index is 1860. The molecule has 0 saturated heterocycles. The second kappa shape index (κ2) is 8.78. The van der Waals surface area contributed by atoms with Crippen LogP contribution in [0.15, 0.2) is 150 Å². The Morgan fingerprint density at radius 3 is 2.00 bits per heavy atom. The van der Waals surface area contributed by atoms with Crippen LogP contribution in [-0.2, 0) is 10.8 Å². The van der Waals surface area contributed by atoms with E-state index in [0.717, 1.165) is 10.9 Å². The maximum Gasteiger partial charge on any atom is 0.0708 e. The van der Waals surface area contributed by atoms with E-state index in [1.807, 2.05) is 0 Å². The zero-order valence-corrected chi connectivity index (χ0v) is 24.0. The molecule has 0 amide bonds. The minimum Gasteiger partial charge on any atom is -0.0814 e. The molecule has 0 spiro atoms. The molecule has 3 unspecified atom stereocenters. The third kappa shape index (κ3) is 2.96. The largest absolute Gasteiger partial charge is 0.0814 e. The summed E-state index contributed by atoms with van der Waals surface area (Å²) in [5.74, 6) is 0.496. The molecule has 0 bridgehead atoms. The standard InChI is InChI=1S/C39H29Br/c1-26-12-9-15-28(24-26)39-33-20-6-5-18-31(33)32-19-11-23-36(37(32)39)38(27-13-3-2-4-14-27,29-16-10-17-30(40)25-29)34-21-7-8-22-35(34)39/h2-23,25-26H,24H2,1H3. The van der Waals surface area contributed by atoms with E-state index in [0.29, 0.717) is 5.92 Å². The first-order valence-corrected chi connectivity index (χ1v) is 15.0. The molecule has 3 atom stereocenters. The van der Waals surface area contributed by atoms with Gasteiger partial charge >= 0.3 is 0 Å². The van der Waals surface area contributed by atoms with Crippen LogP contribution >= 0.6 is 15.9 Å². The van der Waals surface area contributed by atoms with Gasteiger partial charge in [-0.2, -0.15) is 0 Å². The molecule has 3 aliphatic carbocycles. The van der Waals surface area contributed by atoms with Gasteiger partial charge < -0.3 is 0 Å². The minimum atomic E-state index is -0.463. The fourth-order valence-corrected chi connectivity index (χ4v) is 8.46. The van der Waals surface area contributed by atoms with Crippen LogP contribution in [0.1, 0.15) is 52.3 Å². The molecule has 5 aromatic rings. The predicted octanol–water partition coefficient (Wildman–Crippen LogP) is 9.98. The molecule has 8 rings (SSSR count). The maximum atomic E-state index is 3.83. The number of fused-ring (bicyclic) bond motifs is 5. The molecule has 3 aliphatic rings. The first kappa shape index (κ1) is 23.9. The number of hydrogen-bond acceptors (Lipinski definition) is 0. The Balaban J connectivity index is 1.62. The quantitative estimate of drug-likeness (QED) is 0.200. The average molecular weight is 578 g/mol. The lowest BCUT2D eigenvalue weighted by Gasteiger charge is -2.50. The van der Waals surface area contributed by atoms with Gasteiger partial charge in [0.2, 0.25) is 0 Å². The molecule has 0 heterocycles. The van der Waals surface area contributed by atoms with E-state index in [1.165, 1.54) is 55.6 Å². The Morgan fingerprint density at radius 2 is 1.23 bits per heavy atom. The molecular formula is C39H29Br. The van der Waals surface area contributed by atoms with E-state index in [-0.39, 0.29) is 5.41 Å². The third-order valence-electron chi connectivity index (χ3n) is 9.42. The maximum absolute atomic E-state index is 3.83. The molecule has 192 valence electrons. The number of benzene rings is 5. The summed E-state index contributed by atoms with van der Waals surface area (Å²) < 4.78 is 1.10. The van der Waals surface area contributed by atoms with Crippen molar-refractivity contribution in [1.29, 1.82) is 0 Å². The summed E-state index contributed by atoms with van der Waals surface area (Å²) in [6.07, 6.45) is 8.09. The first-order valence-electron chi connectivity index (χ1n) is 14.2. The van der Waals surface area contributed by atoms with E-state index in [9.17, 15) is 0 Å². The summed E-state index contributed by atoms with van der Waals surface area (Å²) in [7, 11) is 0. The third-order valence-corrected chi connectivity index (χ3v) is 9.92. The van der Waals surface area contributed by atoms with Crippen LogP contribution in [0.25, 0.3) is 11.1 Å². The minimum absolute atomic E-state index is 0.331. The van der Waals surface area contributed by atoms with Gasteiger partial charge in [-0.25, -0.2) is 0 Å². The second-order valence-electron chi connectivity index (χ2n) is 11.5. The van der Waals surface area contributed by atoms with Crippen molar-refractivity contribution in [2.75, 3.05) is 0 Å². The Morgan fingerprint density at radius 1 is 0.600 bits per heavy atom. The lowest BCUT2D eigenvalue weighted by molar-refractivity contribution is 0.570. The van der Waals surface area contributed by atoms with Gasteiger partial charge in [0.05, 0.1) is 10.8 Å². The van der Waals surface area contributed by atoms with Gasteiger partial charge in [-0.15, -0.1) is 0 Å². The van der Waals surface area contributed by atoms with Crippen LogP contribution in [-0.4, -0.2) is 0 Å². The van der Waals surface area contributed by atoms with Gasteiger partial charge in [0, 0.05) is 4.47 Å². The molecule has 0 nitrogen and oxygen atoms in total. The number of rotatable bonds is 3. The molecule has 0 aliphatic heterocycles. The van der Waals surface area contributed by atoms with Gasteiger partial charge in [-0.1, -0.05) is 156 Å². The summed E-state index contributed by atoms with van der Waals surface area (Å²) in [6, 6.07) is 45.6. The highest BCUT2D eigenvalue weighted by Crippen LogP contribution is 2.66. The fraction of sp³-hybridized carbons (Fsp3) is 0.128. The number of allylic oxidation sites excluding steroid dienone is 4. The Labute approximate surface area is 244 Å². The molecular weight excluding hydrogens is 548 g/mol. The molecule has 5 aromatic carbocycles. The monoisotopic (exact) mass is 576 g/mol. The highest BCUT2D eigenvalue weighted by atomic mass is 79.9. The number of hydrogen-bond donors (Lipinski definition) is 0. The van der Waals surface area contributed by atoms with Crippen LogP contribution in [0.3, 0.4) is 0 Å². The lowest BCUT2D eigenvalue weighted by Crippen LogP contribution is -2.45. The van der Waals surface area contributed by atoms with Gasteiger partial charge in [0.15, 0.2) is 0 Å². The Kier molecular flexibility index (Phi) is 5.25. The summed E-state index contributed by atoms with van der Waals surface area (Å²) in [4.78, 5) is 0. The molecule has 0 N–H and O–H groups in total. The van der Waals surface area contributed by atoms with Crippen molar-refractivity contribution in [1.82, 2.24) is 0 Å². The van der Waals surface area contributed by atoms with Crippen LogP contribution in [0.5, 0.6) is 0 Å². The molecule has 0 saturated carbocycles. The fourth-order valence-electron chi connectivity index (χ4n) is 8.06. The van der Waals surface area contributed by atoms with Crippen LogP contribution < -0.4 is 0 Å². The molecule has 0 radical (unpaired) electrons. The Hall–Kier alpha value is -3.94. The van der Waals surface area contributed by atoms with Crippen molar-refractivity contribution in [3.05, 3.63) is 189 Å². The van der Waals surface area contributed by atoms with E-state index in [2.05, 4.69) is 162 Å². The second-order valence-corrected chi connectivity index (χ2v) is 12.4. The molecule has 0 fully saturated rings. The van der Waals surface area contributed by atoms with Gasteiger partial charge in [-0.3, -0.25) is 0 Å². The van der Waals surface area contributed by atoms with Crippen LogP contribution in [0.4, 0.5) is 0 Å². The number of halogens is 1. The van der Waals surface area contributed by atoms with Crippen molar-refractivity contribution in [3.8, 4) is 11.1 Å². The van der Waals surface area contributed by atoms with Gasteiger partial charge in [0.25, 0.3) is 0 Å². The van der Waals surface area contributed by atoms with Crippen molar-refractivity contribution < 1.29 is 0 Å². The van der Waals surface area contributed by atoms with Crippen LogP contribution in [0.2, 0.25) is 0 Å². The molecule has 40 heavy (non-hydrogen) atoms. The SMILES string of the molecule is CC1C=CC=C(C23c4ccccc4-c4cccc(c42)C(c2ccccc2)(c2cccc(Br)c2)c2ccccc23)C1. The molecule has 0 aromatic heterocycles. The van der Waals surface area contributed by atoms with Crippen molar-refractivity contribution in [3.63, 3.8) is 0 Å². The zero-order chi connectivity index (χ0) is 26.9. The lowest BCUT2D eigenvalue weighted by atomic mass is 9.51. The van der Waals surface area contributed by atoms with Crippen molar-refractivity contribution in [2.24, 2.45) is 5.92 Å². The van der Waals surface area contributed by atoms with E-state index in [1.54, 1.807) is 0 Å². The van der Waals surface area contributed by atoms with Gasteiger partial charge in [0.1, 0.15) is 0 Å². The molecule has 1 heteroatoms. The highest BCUT2D eigenvalue weighted by Gasteiger charge is 2.58. The predicted molar refractivity (Wildman–Crippen MR) is 169 cm³/mol. The van der Waals surface area contributed by atoms with Crippen molar-refractivity contribution in [2.45, 2.75) is 24.2 Å². The summed E-state index contributed by atoms with van der Waals surface area (Å²) in [5, 5.41) is 0. The van der Waals surface area contributed by atoms with E-state index < -0.39 is 5.41 Å². The highest BCUT2D eigenvalue weighted by molar-refractivity contribution is 9.10. The summed E-state index contributed by atoms with van der Waals surface area (Å²) in [5.41, 5.74) is 13.0. The first-order chi connectivity index (χ1) is 19.7. The van der Waals surface area contributed by atoms with Crippen molar-refractivity contribution >= 4 is 15.9 Å². The normalized spacial score (nSPS) is 23.6. The smallest absolute Gasteiger partial charge is 0.0708 e.